The van der Waals surface area contributed by atoms with Crippen molar-refractivity contribution in [3.63, 3.8) is 0 Å². The molecule has 1 aromatic rings. The number of hydrogen-bond acceptors (Lipinski definition) is 6. The summed E-state index contributed by atoms with van der Waals surface area (Å²) in [6, 6.07) is 6.19. The highest BCUT2D eigenvalue weighted by Crippen LogP contribution is 2.16. The molecule has 0 N–H and O–H groups in total. The summed E-state index contributed by atoms with van der Waals surface area (Å²) in [5.41, 5.74) is 3.54. The zero-order valence-corrected chi connectivity index (χ0v) is 16.1. The lowest BCUT2D eigenvalue weighted by Gasteiger charge is -2.11. The smallest absolute Gasteiger partial charge is 0.264 e. The molecule has 1 aromatic carbocycles. The van der Waals surface area contributed by atoms with Crippen LogP contribution in [0.4, 0.5) is 0 Å². The van der Waals surface area contributed by atoms with Crippen LogP contribution in [0, 0.1) is 0 Å². The molecule has 0 saturated carbocycles. The molecule has 0 atom stereocenters. The third-order valence-corrected chi connectivity index (χ3v) is 4.64. The lowest BCUT2D eigenvalue weighted by atomic mass is 9.97. The van der Waals surface area contributed by atoms with Crippen molar-refractivity contribution in [1.82, 2.24) is 0 Å². The van der Waals surface area contributed by atoms with Gasteiger partial charge in [-0.15, -0.1) is 0 Å². The summed E-state index contributed by atoms with van der Waals surface area (Å²) in [5, 5.41) is 0. The van der Waals surface area contributed by atoms with E-state index < -0.39 is 20.2 Å². The van der Waals surface area contributed by atoms with Crippen LogP contribution in [0.15, 0.2) is 18.2 Å². The fourth-order valence-corrected chi connectivity index (χ4v) is 3.21. The first kappa shape index (κ1) is 21.1. The van der Waals surface area contributed by atoms with E-state index in [4.69, 9.17) is 8.37 Å². The first-order chi connectivity index (χ1) is 11.1. The van der Waals surface area contributed by atoms with Crippen molar-refractivity contribution < 1.29 is 25.2 Å². The van der Waals surface area contributed by atoms with Gasteiger partial charge >= 0.3 is 0 Å². The average molecular weight is 379 g/mol. The molecule has 0 saturated heterocycles. The van der Waals surface area contributed by atoms with Gasteiger partial charge in [0.15, 0.2) is 0 Å². The van der Waals surface area contributed by atoms with Gasteiger partial charge < -0.3 is 0 Å². The SMILES string of the molecule is CCc1cc(CCCOS(C)(=O)=O)ccc1CCCOS(C)(=O)=O. The Kier molecular flexibility index (Phi) is 8.35. The molecule has 0 aliphatic heterocycles. The standard InChI is InChI=1S/C16H26O6S2/c1-4-15-13-14(7-5-11-21-23(2,17)18)9-10-16(15)8-6-12-22-24(3,19)20/h9-10,13H,4-8,11-12H2,1-3H3. The first-order valence-corrected chi connectivity index (χ1v) is 11.5. The van der Waals surface area contributed by atoms with Crippen molar-refractivity contribution in [3.8, 4) is 0 Å². The second kappa shape index (κ2) is 9.50. The van der Waals surface area contributed by atoms with Crippen LogP contribution in [0.2, 0.25) is 0 Å². The van der Waals surface area contributed by atoms with Crippen LogP contribution in [0.1, 0.15) is 36.5 Å². The molecule has 0 heterocycles. The number of aryl methyl sites for hydroxylation is 3. The minimum Gasteiger partial charge on any atom is -0.270 e. The second-order valence-electron chi connectivity index (χ2n) is 5.72. The van der Waals surface area contributed by atoms with Gasteiger partial charge in [-0.25, -0.2) is 0 Å². The van der Waals surface area contributed by atoms with Gasteiger partial charge in [-0.3, -0.25) is 8.37 Å². The molecule has 1 rings (SSSR count). The van der Waals surface area contributed by atoms with Crippen LogP contribution in [-0.2, 0) is 47.9 Å². The van der Waals surface area contributed by atoms with E-state index in [1.54, 1.807) is 0 Å². The molecular formula is C16H26O6S2. The average Bonchev–Trinajstić information content (AvgIpc) is 2.47. The molecule has 138 valence electrons. The van der Waals surface area contributed by atoms with Crippen LogP contribution < -0.4 is 0 Å². The predicted molar refractivity (Wildman–Crippen MR) is 94.1 cm³/mol. The molecule has 24 heavy (non-hydrogen) atoms. The lowest BCUT2D eigenvalue weighted by Crippen LogP contribution is -2.06. The summed E-state index contributed by atoms with van der Waals surface area (Å²) < 4.78 is 53.1. The highest BCUT2D eigenvalue weighted by molar-refractivity contribution is 7.86. The van der Waals surface area contributed by atoms with Gasteiger partial charge in [0.25, 0.3) is 20.2 Å². The molecule has 0 amide bonds. The van der Waals surface area contributed by atoms with Crippen molar-refractivity contribution in [2.45, 2.75) is 39.0 Å². The van der Waals surface area contributed by atoms with E-state index in [9.17, 15) is 16.8 Å². The third kappa shape index (κ3) is 9.36. The third-order valence-electron chi connectivity index (χ3n) is 3.45. The second-order valence-corrected chi connectivity index (χ2v) is 9.00. The van der Waals surface area contributed by atoms with Crippen molar-refractivity contribution in [2.24, 2.45) is 0 Å². The van der Waals surface area contributed by atoms with E-state index in [1.165, 1.54) is 11.1 Å². The summed E-state index contributed by atoms with van der Waals surface area (Å²) in [7, 11) is -6.76. The fraction of sp³-hybridized carbons (Fsp3) is 0.625. The van der Waals surface area contributed by atoms with Crippen LogP contribution in [0.3, 0.4) is 0 Å². The predicted octanol–water partition coefficient (Wildman–Crippen LogP) is 2.07. The summed E-state index contributed by atoms with van der Waals surface area (Å²) in [6.07, 6.45) is 5.77. The molecule has 0 bridgehead atoms. The molecule has 0 spiro atoms. The molecule has 0 radical (unpaired) electrons. The zero-order chi connectivity index (χ0) is 18.2. The van der Waals surface area contributed by atoms with Gasteiger partial charge in [0, 0.05) is 0 Å². The number of benzene rings is 1. The Balaban J connectivity index is 2.52. The highest BCUT2D eigenvalue weighted by Gasteiger charge is 2.06. The van der Waals surface area contributed by atoms with E-state index >= 15 is 0 Å². The summed E-state index contributed by atoms with van der Waals surface area (Å²) in [4.78, 5) is 0. The van der Waals surface area contributed by atoms with E-state index in [0.29, 0.717) is 12.8 Å². The van der Waals surface area contributed by atoms with Gasteiger partial charge in [-0.1, -0.05) is 25.1 Å². The minimum absolute atomic E-state index is 0.185. The Morgan fingerprint density at radius 1 is 0.833 bits per heavy atom. The van der Waals surface area contributed by atoms with Crippen molar-refractivity contribution in [2.75, 3.05) is 25.7 Å². The Morgan fingerprint density at radius 2 is 1.38 bits per heavy atom. The van der Waals surface area contributed by atoms with Gasteiger partial charge in [0.1, 0.15) is 0 Å². The van der Waals surface area contributed by atoms with Crippen LogP contribution >= 0.6 is 0 Å². The molecule has 8 heteroatoms. The molecule has 0 fully saturated rings. The Hall–Kier alpha value is -0.960. The maximum absolute atomic E-state index is 10.9. The normalized spacial score (nSPS) is 12.5. The van der Waals surface area contributed by atoms with Crippen molar-refractivity contribution >= 4 is 20.2 Å². The summed E-state index contributed by atoms with van der Waals surface area (Å²) in [5.74, 6) is 0. The first-order valence-electron chi connectivity index (χ1n) is 7.90. The fourth-order valence-electron chi connectivity index (χ4n) is 2.37. The molecule has 0 aliphatic rings. The Labute approximate surface area is 145 Å². The monoisotopic (exact) mass is 378 g/mol. The molecule has 0 unspecified atom stereocenters. The summed E-state index contributed by atoms with van der Waals surface area (Å²) in [6.45, 7) is 2.44. The molecular weight excluding hydrogens is 352 g/mol. The van der Waals surface area contributed by atoms with Crippen LogP contribution in [0.25, 0.3) is 0 Å². The Bertz CT molecular complexity index is 723. The van der Waals surface area contributed by atoms with E-state index in [-0.39, 0.29) is 13.2 Å². The highest BCUT2D eigenvalue weighted by atomic mass is 32.2. The van der Waals surface area contributed by atoms with Crippen LogP contribution in [-0.4, -0.2) is 42.6 Å². The maximum atomic E-state index is 10.9. The van der Waals surface area contributed by atoms with Gasteiger partial charge in [0.05, 0.1) is 25.7 Å². The van der Waals surface area contributed by atoms with Crippen molar-refractivity contribution in [1.29, 1.82) is 0 Å². The topological polar surface area (TPSA) is 86.7 Å². The molecule has 0 aromatic heterocycles. The number of rotatable bonds is 11. The molecule has 0 aliphatic carbocycles. The zero-order valence-electron chi connectivity index (χ0n) is 14.4. The number of hydrogen-bond donors (Lipinski definition) is 0. The maximum Gasteiger partial charge on any atom is 0.264 e. The Morgan fingerprint density at radius 3 is 1.88 bits per heavy atom. The van der Waals surface area contributed by atoms with Gasteiger partial charge in [-0.05, 0) is 48.8 Å². The van der Waals surface area contributed by atoms with E-state index in [1.807, 2.05) is 12.1 Å². The van der Waals surface area contributed by atoms with Gasteiger partial charge in [-0.2, -0.15) is 16.8 Å². The molecule has 6 nitrogen and oxygen atoms in total. The largest absolute Gasteiger partial charge is 0.270 e. The van der Waals surface area contributed by atoms with Crippen molar-refractivity contribution in [3.05, 3.63) is 34.9 Å². The van der Waals surface area contributed by atoms with Gasteiger partial charge in [0.2, 0.25) is 0 Å². The van der Waals surface area contributed by atoms with Crippen LogP contribution in [0.5, 0.6) is 0 Å². The summed E-state index contributed by atoms with van der Waals surface area (Å²) >= 11 is 0. The minimum atomic E-state index is -3.38. The van der Waals surface area contributed by atoms with E-state index in [2.05, 4.69) is 13.0 Å². The van der Waals surface area contributed by atoms with E-state index in [0.717, 1.165) is 37.3 Å². The lowest BCUT2D eigenvalue weighted by molar-refractivity contribution is 0.314. The quantitative estimate of drug-likeness (QED) is 0.433.